The predicted octanol–water partition coefficient (Wildman–Crippen LogP) is 0.0946. The molecule has 1 amide bonds. The number of hydrogen-bond donors (Lipinski definition) is 3. The number of unbranched alkanes of at least 4 members (excludes halogenated alkanes) is 2. The van der Waals surface area contributed by atoms with E-state index in [0.717, 1.165) is 12.3 Å². The number of alkyl halides is 2. The van der Waals surface area contributed by atoms with Crippen LogP contribution in [0.2, 0.25) is 0 Å². The Hall–Kier alpha value is -4.53. The van der Waals surface area contributed by atoms with Crippen LogP contribution >= 0.6 is 0 Å². The molecule has 1 aromatic carbocycles. The molecule has 250 valence electrons. The van der Waals surface area contributed by atoms with E-state index >= 15 is 0 Å². The number of amides is 1. The van der Waals surface area contributed by atoms with Gasteiger partial charge in [-0.1, -0.05) is 18.2 Å². The Morgan fingerprint density at radius 3 is 2.52 bits per heavy atom. The molecule has 0 bridgehead atoms. The van der Waals surface area contributed by atoms with Gasteiger partial charge in [-0.05, 0) is 42.4 Å². The van der Waals surface area contributed by atoms with E-state index < -0.39 is 69.3 Å². The van der Waals surface area contributed by atoms with Crippen molar-refractivity contribution in [3.05, 3.63) is 58.3 Å². The molecule has 20 heteroatoms. The maximum Gasteiger partial charge on any atom is 0.414 e. The molecule has 0 unspecified atom stereocenters. The average Bonchev–Trinajstić information content (AvgIpc) is 3.51. The summed E-state index contributed by atoms with van der Waals surface area (Å²) in [5.74, 6) is -6.05. The lowest BCUT2D eigenvalue weighted by Gasteiger charge is -2.21. The van der Waals surface area contributed by atoms with Gasteiger partial charge in [-0.25, -0.2) is 13.2 Å². The van der Waals surface area contributed by atoms with Crippen molar-refractivity contribution < 1.29 is 60.7 Å². The summed E-state index contributed by atoms with van der Waals surface area (Å²) in [5.41, 5.74) is -1.22. The summed E-state index contributed by atoms with van der Waals surface area (Å²) >= 11 is 0. The molecule has 1 aliphatic heterocycles. The van der Waals surface area contributed by atoms with E-state index in [1.165, 1.54) is 24.3 Å². The number of carbonyl (C=O) groups is 2. The van der Waals surface area contributed by atoms with Crippen LogP contribution < -0.4 is 20.6 Å². The van der Waals surface area contributed by atoms with Crippen LogP contribution in [0.3, 0.4) is 0 Å². The fourth-order valence-corrected chi connectivity index (χ4v) is 5.54. The lowest BCUT2D eigenvalue weighted by Crippen LogP contribution is -2.41. The highest BCUT2D eigenvalue weighted by molar-refractivity contribution is 7.91. The molecule has 1 aliphatic rings. The minimum absolute atomic E-state index is 0.0120. The van der Waals surface area contributed by atoms with Crippen LogP contribution in [0.4, 0.5) is 14.6 Å². The number of carbonyl (C=O) groups excluding carboxylic acids is 2. The van der Waals surface area contributed by atoms with Gasteiger partial charge in [0.15, 0.2) is 6.10 Å². The predicted molar refractivity (Wildman–Crippen MR) is 146 cm³/mol. The SMILES string of the molecule is O=C(CCC(=O)OCCCCCOc1no[n+]([O-])c1S(=O)(=O)c1ccccc1)Nc1ccn([C@@H]2O[C@H](CO)[C@@H](O)C2(F)F)c(=O)n1. The first-order chi connectivity index (χ1) is 21.9. The molecule has 46 heavy (non-hydrogen) atoms. The molecule has 0 aliphatic carbocycles. The first-order valence-corrected chi connectivity index (χ1v) is 15.2. The Labute approximate surface area is 258 Å². The van der Waals surface area contributed by atoms with Gasteiger partial charge in [0.25, 0.3) is 9.84 Å². The van der Waals surface area contributed by atoms with Gasteiger partial charge in [0.1, 0.15) is 11.9 Å². The highest BCUT2D eigenvalue weighted by atomic mass is 32.2. The molecule has 0 spiro atoms. The fraction of sp³-hybridized carbons (Fsp3) is 0.462. The molecule has 3 aromatic rings. The van der Waals surface area contributed by atoms with E-state index in [1.54, 1.807) is 6.07 Å². The lowest BCUT2D eigenvalue weighted by molar-refractivity contribution is -0.832. The molecule has 3 heterocycles. The normalized spacial score (nSPS) is 19.1. The molecule has 3 atom stereocenters. The maximum atomic E-state index is 14.3. The number of aliphatic hydroxyl groups excluding tert-OH is 2. The summed E-state index contributed by atoms with van der Waals surface area (Å²) < 4.78 is 74.2. The first kappa shape index (κ1) is 34.3. The highest BCUT2D eigenvalue weighted by Gasteiger charge is 2.59. The van der Waals surface area contributed by atoms with E-state index in [0.29, 0.717) is 23.8 Å². The van der Waals surface area contributed by atoms with Gasteiger partial charge in [-0.3, -0.25) is 18.8 Å². The number of ether oxygens (including phenoxy) is 3. The molecule has 4 rings (SSSR count). The first-order valence-electron chi connectivity index (χ1n) is 13.8. The summed E-state index contributed by atoms with van der Waals surface area (Å²) in [5, 5.41) is 35.5. The summed E-state index contributed by atoms with van der Waals surface area (Å²) in [6.07, 6.45) is -4.67. The van der Waals surface area contributed by atoms with Crippen molar-refractivity contribution in [2.75, 3.05) is 25.1 Å². The third kappa shape index (κ3) is 7.81. The van der Waals surface area contributed by atoms with Crippen molar-refractivity contribution in [2.24, 2.45) is 0 Å². The van der Waals surface area contributed by atoms with Crippen LogP contribution in [0.1, 0.15) is 38.3 Å². The number of nitrogens with one attached hydrogen (secondary N) is 1. The number of hydrogen-bond acceptors (Lipinski definition) is 14. The summed E-state index contributed by atoms with van der Waals surface area (Å²) in [6, 6.07) is 8.25. The smallest absolute Gasteiger partial charge is 0.414 e. The zero-order valence-electron chi connectivity index (χ0n) is 23.9. The van der Waals surface area contributed by atoms with E-state index in [4.69, 9.17) is 19.3 Å². The molecule has 3 N–H and O–H groups in total. The van der Waals surface area contributed by atoms with Gasteiger partial charge in [0.2, 0.25) is 12.1 Å². The second-order valence-corrected chi connectivity index (χ2v) is 11.7. The highest BCUT2D eigenvalue weighted by Crippen LogP contribution is 2.42. The van der Waals surface area contributed by atoms with Crippen molar-refractivity contribution in [1.29, 1.82) is 0 Å². The molecule has 0 saturated carbocycles. The van der Waals surface area contributed by atoms with Crippen molar-refractivity contribution in [3.8, 4) is 5.88 Å². The Morgan fingerprint density at radius 1 is 1.13 bits per heavy atom. The van der Waals surface area contributed by atoms with Crippen molar-refractivity contribution in [1.82, 2.24) is 14.7 Å². The van der Waals surface area contributed by atoms with E-state index in [1.807, 2.05) is 0 Å². The van der Waals surface area contributed by atoms with Crippen LogP contribution in [0, 0.1) is 5.21 Å². The summed E-state index contributed by atoms with van der Waals surface area (Å²) in [6.45, 7) is -0.904. The minimum atomic E-state index is -4.24. The monoisotopic (exact) mass is 673 g/mol. The fourth-order valence-electron chi connectivity index (χ4n) is 4.25. The van der Waals surface area contributed by atoms with Crippen LogP contribution in [-0.4, -0.2) is 83.2 Å². The second kappa shape index (κ2) is 14.7. The van der Waals surface area contributed by atoms with Crippen LogP contribution in [-0.2, 0) is 28.9 Å². The number of sulfone groups is 1. The molecule has 2 aromatic heterocycles. The number of benzene rings is 1. The number of halogens is 2. The Kier molecular flexibility index (Phi) is 11.0. The van der Waals surface area contributed by atoms with Gasteiger partial charge >= 0.3 is 28.5 Å². The molecule has 17 nitrogen and oxygen atoms in total. The maximum absolute atomic E-state index is 14.3. The summed E-state index contributed by atoms with van der Waals surface area (Å²) in [7, 11) is -4.24. The Morgan fingerprint density at radius 2 is 1.85 bits per heavy atom. The van der Waals surface area contributed by atoms with Gasteiger partial charge < -0.3 is 34.9 Å². The van der Waals surface area contributed by atoms with E-state index in [2.05, 4.69) is 20.1 Å². The Balaban J connectivity index is 1.14. The van der Waals surface area contributed by atoms with Crippen LogP contribution in [0.15, 0.2) is 61.9 Å². The molecule has 0 radical (unpaired) electrons. The third-order valence-electron chi connectivity index (χ3n) is 6.61. The zero-order valence-corrected chi connectivity index (χ0v) is 24.7. The lowest BCUT2D eigenvalue weighted by atomic mass is 10.1. The topological polar surface area (TPSA) is 236 Å². The number of esters is 1. The van der Waals surface area contributed by atoms with Gasteiger partial charge in [0, 0.05) is 12.6 Å². The van der Waals surface area contributed by atoms with Crippen LogP contribution in [0.25, 0.3) is 0 Å². The van der Waals surface area contributed by atoms with Crippen molar-refractivity contribution >= 4 is 27.5 Å². The number of rotatable bonds is 15. The second-order valence-electron chi connectivity index (χ2n) is 9.87. The van der Waals surface area contributed by atoms with Gasteiger partial charge in [0.05, 0.1) is 36.3 Å². The molecule has 1 saturated heterocycles. The average molecular weight is 674 g/mol. The number of aromatic nitrogens is 4. The molecular formula is C26H29F2N5O12S. The van der Waals surface area contributed by atoms with E-state index in [9.17, 15) is 41.9 Å². The van der Waals surface area contributed by atoms with Crippen molar-refractivity contribution in [2.45, 2.75) is 66.4 Å². The molecular weight excluding hydrogens is 644 g/mol. The van der Waals surface area contributed by atoms with Crippen LogP contribution in [0.5, 0.6) is 5.88 Å². The standard InChI is InChI=1S/C26H29F2N5O12S/c27-26(28)21(37)17(15-34)44-24(26)32-12-11-18(30-25(32)38)29-19(35)9-10-20(36)42-13-5-2-6-14-43-22-23(33(39)45-31-22)46(40,41)16-7-3-1-4-8-16/h1,3-4,7-8,11-12,17,21,24,34,37H,2,5-6,9-10,13-15H2,(H,29,30,35,38)/t17-,21-,24-/m1/s1. The third-order valence-corrected chi connectivity index (χ3v) is 8.34. The number of nitrogens with zero attached hydrogens (tertiary/aromatic N) is 4. The van der Waals surface area contributed by atoms with E-state index in [-0.39, 0.29) is 41.7 Å². The largest absolute Gasteiger partial charge is 0.466 e. The van der Waals surface area contributed by atoms with Gasteiger partial charge in [-0.15, -0.1) is 0 Å². The minimum Gasteiger partial charge on any atom is -0.466 e. The quantitative estimate of drug-likeness (QED) is 0.110. The Bertz CT molecular complexity index is 1690. The van der Waals surface area contributed by atoms with Crippen molar-refractivity contribution in [3.63, 3.8) is 0 Å². The summed E-state index contributed by atoms with van der Waals surface area (Å²) in [4.78, 5) is 39.5. The number of anilines is 1. The molecule has 1 fully saturated rings. The number of aliphatic hydroxyl groups is 2. The zero-order chi connectivity index (χ0) is 33.5. The van der Waals surface area contributed by atoms with Gasteiger partial charge in [-0.2, -0.15) is 13.8 Å².